The highest BCUT2D eigenvalue weighted by molar-refractivity contribution is 5.32. The standard InChI is InChI=1S/C10H16N2/c1-3-9(2)8-12-10-6-4-5-7-11-10/h4-7,9H,3,8H2,1-2H3,(H,11,12)/t9-/m0/s1. The molecule has 0 aliphatic heterocycles. The Morgan fingerprint density at radius 1 is 1.50 bits per heavy atom. The smallest absolute Gasteiger partial charge is 0.125 e. The van der Waals surface area contributed by atoms with Gasteiger partial charge >= 0.3 is 0 Å². The van der Waals surface area contributed by atoms with Gasteiger partial charge in [0, 0.05) is 12.7 Å². The molecule has 1 atom stereocenters. The molecule has 0 radical (unpaired) electrons. The van der Waals surface area contributed by atoms with Crippen molar-refractivity contribution in [3.8, 4) is 0 Å². The molecule has 1 rings (SSSR count). The Balaban J connectivity index is 2.33. The zero-order valence-corrected chi connectivity index (χ0v) is 7.75. The monoisotopic (exact) mass is 164 g/mol. The van der Waals surface area contributed by atoms with Gasteiger partial charge in [0.1, 0.15) is 5.82 Å². The number of pyridine rings is 1. The topological polar surface area (TPSA) is 24.9 Å². The van der Waals surface area contributed by atoms with Crippen LogP contribution in [-0.2, 0) is 0 Å². The Morgan fingerprint density at radius 2 is 2.33 bits per heavy atom. The normalized spacial score (nSPS) is 12.5. The molecule has 66 valence electrons. The Labute approximate surface area is 74.0 Å². The number of nitrogens with zero attached hydrogens (tertiary/aromatic N) is 1. The maximum absolute atomic E-state index is 4.17. The van der Waals surface area contributed by atoms with Crippen molar-refractivity contribution >= 4 is 5.82 Å². The molecule has 0 aliphatic carbocycles. The van der Waals surface area contributed by atoms with Gasteiger partial charge in [0.15, 0.2) is 0 Å². The SMILES string of the molecule is CC[C@H](C)CNc1ccccn1. The molecule has 2 nitrogen and oxygen atoms in total. The second-order valence-electron chi connectivity index (χ2n) is 3.11. The number of anilines is 1. The largest absolute Gasteiger partial charge is 0.370 e. The van der Waals surface area contributed by atoms with E-state index >= 15 is 0 Å². The van der Waals surface area contributed by atoms with Crippen molar-refractivity contribution in [2.24, 2.45) is 5.92 Å². The van der Waals surface area contributed by atoms with Gasteiger partial charge in [-0.1, -0.05) is 26.3 Å². The molecule has 0 saturated heterocycles. The molecule has 0 amide bonds. The van der Waals surface area contributed by atoms with Crippen LogP contribution < -0.4 is 5.32 Å². The highest BCUT2D eigenvalue weighted by Gasteiger charge is 1.97. The van der Waals surface area contributed by atoms with E-state index in [-0.39, 0.29) is 0 Å². The van der Waals surface area contributed by atoms with Crippen LogP contribution in [0, 0.1) is 5.92 Å². The van der Waals surface area contributed by atoms with E-state index in [0.29, 0.717) is 5.92 Å². The summed E-state index contributed by atoms with van der Waals surface area (Å²) in [7, 11) is 0. The fraction of sp³-hybridized carbons (Fsp3) is 0.500. The van der Waals surface area contributed by atoms with E-state index in [1.165, 1.54) is 6.42 Å². The lowest BCUT2D eigenvalue weighted by molar-refractivity contribution is 0.592. The number of nitrogens with one attached hydrogen (secondary N) is 1. The van der Waals surface area contributed by atoms with E-state index < -0.39 is 0 Å². The van der Waals surface area contributed by atoms with Crippen molar-refractivity contribution in [2.45, 2.75) is 20.3 Å². The lowest BCUT2D eigenvalue weighted by atomic mass is 10.1. The number of hydrogen-bond donors (Lipinski definition) is 1. The molecule has 1 aromatic rings. The van der Waals surface area contributed by atoms with Gasteiger partial charge in [-0.2, -0.15) is 0 Å². The first-order chi connectivity index (χ1) is 5.83. The van der Waals surface area contributed by atoms with E-state index in [9.17, 15) is 0 Å². The van der Waals surface area contributed by atoms with Crippen LogP contribution in [0.1, 0.15) is 20.3 Å². The third-order valence-corrected chi connectivity index (χ3v) is 1.99. The van der Waals surface area contributed by atoms with Crippen molar-refractivity contribution in [2.75, 3.05) is 11.9 Å². The van der Waals surface area contributed by atoms with Crippen LogP contribution in [0.3, 0.4) is 0 Å². The van der Waals surface area contributed by atoms with Crippen LogP contribution in [0.25, 0.3) is 0 Å². The summed E-state index contributed by atoms with van der Waals surface area (Å²) < 4.78 is 0. The lowest BCUT2D eigenvalue weighted by Gasteiger charge is -2.09. The number of rotatable bonds is 4. The molecule has 1 aromatic heterocycles. The molecule has 12 heavy (non-hydrogen) atoms. The van der Waals surface area contributed by atoms with Crippen LogP contribution in [0.2, 0.25) is 0 Å². The summed E-state index contributed by atoms with van der Waals surface area (Å²) >= 11 is 0. The maximum Gasteiger partial charge on any atom is 0.125 e. The minimum atomic E-state index is 0.715. The third kappa shape index (κ3) is 2.91. The molecule has 1 heterocycles. The molecule has 2 heteroatoms. The van der Waals surface area contributed by atoms with Gasteiger partial charge in [-0.25, -0.2) is 4.98 Å². The number of hydrogen-bond acceptors (Lipinski definition) is 2. The molecule has 1 N–H and O–H groups in total. The van der Waals surface area contributed by atoms with E-state index in [1.807, 2.05) is 18.2 Å². The van der Waals surface area contributed by atoms with E-state index in [1.54, 1.807) is 6.20 Å². The average Bonchev–Trinajstić information content (AvgIpc) is 2.16. The van der Waals surface area contributed by atoms with Crippen LogP contribution in [0.5, 0.6) is 0 Å². The Hall–Kier alpha value is -1.05. The predicted molar refractivity (Wildman–Crippen MR) is 52.2 cm³/mol. The Kier molecular flexibility index (Phi) is 3.58. The van der Waals surface area contributed by atoms with Crippen molar-refractivity contribution in [3.63, 3.8) is 0 Å². The summed E-state index contributed by atoms with van der Waals surface area (Å²) in [6, 6.07) is 5.91. The summed E-state index contributed by atoms with van der Waals surface area (Å²) in [6.07, 6.45) is 3.01. The van der Waals surface area contributed by atoms with Gasteiger partial charge in [-0.05, 0) is 18.1 Å². The van der Waals surface area contributed by atoms with Gasteiger partial charge in [0.05, 0.1) is 0 Å². The Morgan fingerprint density at radius 3 is 2.92 bits per heavy atom. The van der Waals surface area contributed by atoms with Crippen LogP contribution >= 0.6 is 0 Å². The third-order valence-electron chi connectivity index (χ3n) is 1.99. The van der Waals surface area contributed by atoms with Gasteiger partial charge in [0.2, 0.25) is 0 Å². The second-order valence-corrected chi connectivity index (χ2v) is 3.11. The van der Waals surface area contributed by atoms with E-state index in [4.69, 9.17) is 0 Å². The van der Waals surface area contributed by atoms with Crippen molar-refractivity contribution in [1.82, 2.24) is 4.98 Å². The minimum absolute atomic E-state index is 0.715. The van der Waals surface area contributed by atoms with Crippen molar-refractivity contribution in [1.29, 1.82) is 0 Å². The summed E-state index contributed by atoms with van der Waals surface area (Å²) in [4.78, 5) is 4.17. The summed E-state index contributed by atoms with van der Waals surface area (Å²) in [5, 5.41) is 3.28. The average molecular weight is 164 g/mol. The zero-order valence-electron chi connectivity index (χ0n) is 7.75. The molecule has 0 aliphatic rings. The van der Waals surface area contributed by atoms with Gasteiger partial charge in [-0.15, -0.1) is 0 Å². The van der Waals surface area contributed by atoms with E-state index in [0.717, 1.165) is 12.4 Å². The fourth-order valence-electron chi connectivity index (χ4n) is 0.890. The molecule has 0 fully saturated rings. The van der Waals surface area contributed by atoms with Crippen LogP contribution in [0.15, 0.2) is 24.4 Å². The first-order valence-corrected chi connectivity index (χ1v) is 4.47. The molecule has 0 unspecified atom stereocenters. The van der Waals surface area contributed by atoms with E-state index in [2.05, 4.69) is 24.1 Å². The number of aromatic nitrogens is 1. The molecule has 0 saturated carbocycles. The van der Waals surface area contributed by atoms with Crippen molar-refractivity contribution < 1.29 is 0 Å². The minimum Gasteiger partial charge on any atom is -0.370 e. The van der Waals surface area contributed by atoms with Crippen LogP contribution in [-0.4, -0.2) is 11.5 Å². The summed E-state index contributed by atoms with van der Waals surface area (Å²) in [6.45, 7) is 5.44. The second kappa shape index (κ2) is 4.75. The zero-order chi connectivity index (χ0) is 8.81. The van der Waals surface area contributed by atoms with Gasteiger partial charge in [-0.3, -0.25) is 0 Å². The van der Waals surface area contributed by atoms with Crippen molar-refractivity contribution in [3.05, 3.63) is 24.4 Å². The summed E-state index contributed by atoms with van der Waals surface area (Å²) in [5.41, 5.74) is 0. The lowest BCUT2D eigenvalue weighted by Crippen LogP contribution is -2.10. The van der Waals surface area contributed by atoms with Crippen LogP contribution in [0.4, 0.5) is 5.82 Å². The first-order valence-electron chi connectivity index (χ1n) is 4.47. The fourth-order valence-corrected chi connectivity index (χ4v) is 0.890. The summed E-state index contributed by atoms with van der Waals surface area (Å²) in [5.74, 6) is 1.69. The molecule has 0 spiro atoms. The van der Waals surface area contributed by atoms with Gasteiger partial charge in [0.25, 0.3) is 0 Å². The molecule has 0 bridgehead atoms. The van der Waals surface area contributed by atoms with Gasteiger partial charge < -0.3 is 5.32 Å². The predicted octanol–water partition coefficient (Wildman–Crippen LogP) is 2.54. The highest BCUT2D eigenvalue weighted by Crippen LogP contribution is 2.04. The first kappa shape index (κ1) is 9.04. The molecular weight excluding hydrogens is 148 g/mol. The Bertz CT molecular complexity index is 208. The maximum atomic E-state index is 4.17. The molecular formula is C10H16N2. The molecule has 0 aromatic carbocycles. The highest BCUT2D eigenvalue weighted by atomic mass is 15.0. The quantitative estimate of drug-likeness (QED) is 0.739.